The summed E-state index contributed by atoms with van der Waals surface area (Å²) in [4.78, 5) is 11.6. The number of nitrogens with one attached hydrogen (secondary N) is 2. The number of aliphatic hydroxyl groups is 1. The Morgan fingerprint density at radius 2 is 2.50 bits per heavy atom. The highest BCUT2D eigenvalue weighted by Crippen LogP contribution is 1.99. The fourth-order valence-corrected chi connectivity index (χ4v) is 1.16. The summed E-state index contributed by atoms with van der Waals surface area (Å²) in [5, 5.41) is 23.1. The molecule has 0 aromatic carbocycles. The Bertz CT molecular complexity index is 444. The van der Waals surface area contributed by atoms with Gasteiger partial charge in [0, 0.05) is 12.7 Å². The van der Waals surface area contributed by atoms with Gasteiger partial charge >= 0.3 is 0 Å². The maximum Gasteiger partial charge on any atom is 0.263 e. The van der Waals surface area contributed by atoms with E-state index in [2.05, 4.69) is 10.6 Å². The smallest absolute Gasteiger partial charge is 0.263 e. The number of amides is 1. The molecule has 6 heteroatoms. The molecule has 0 saturated carbocycles. The predicted octanol–water partition coefficient (Wildman–Crippen LogP) is 0.274. The van der Waals surface area contributed by atoms with Gasteiger partial charge in [0.25, 0.3) is 5.91 Å². The third kappa shape index (κ3) is 4.72. The van der Waals surface area contributed by atoms with Gasteiger partial charge in [-0.1, -0.05) is 0 Å². The highest BCUT2D eigenvalue weighted by atomic mass is 16.3. The van der Waals surface area contributed by atoms with Gasteiger partial charge in [-0.05, 0) is 19.1 Å². The lowest BCUT2D eigenvalue weighted by molar-refractivity contribution is -0.117. The summed E-state index contributed by atoms with van der Waals surface area (Å²) in [6, 6.07) is 5.22. The molecule has 1 rings (SSSR count). The summed E-state index contributed by atoms with van der Waals surface area (Å²) in [5.74, 6) is 0.115. The van der Waals surface area contributed by atoms with Gasteiger partial charge in [0.1, 0.15) is 17.4 Å². The molecule has 18 heavy (non-hydrogen) atoms. The zero-order chi connectivity index (χ0) is 13.4. The molecule has 0 aliphatic carbocycles. The molecule has 1 aromatic rings. The summed E-state index contributed by atoms with van der Waals surface area (Å²) >= 11 is 0. The molecule has 0 aliphatic rings. The Labute approximate surface area is 105 Å². The van der Waals surface area contributed by atoms with E-state index in [-0.39, 0.29) is 18.7 Å². The largest absolute Gasteiger partial charge is 0.467 e. The quantitative estimate of drug-likeness (QED) is 0.496. The van der Waals surface area contributed by atoms with Crippen LogP contribution >= 0.6 is 0 Å². The lowest BCUT2D eigenvalue weighted by Gasteiger charge is -2.05. The van der Waals surface area contributed by atoms with Crippen LogP contribution in [-0.4, -0.2) is 23.7 Å². The van der Waals surface area contributed by atoms with Crippen molar-refractivity contribution in [2.24, 2.45) is 0 Å². The van der Waals surface area contributed by atoms with E-state index in [9.17, 15) is 4.79 Å². The van der Waals surface area contributed by atoms with Crippen molar-refractivity contribution in [2.45, 2.75) is 19.6 Å². The summed E-state index contributed by atoms with van der Waals surface area (Å²) in [6.07, 6.45) is 2.24. The number of nitriles is 1. The van der Waals surface area contributed by atoms with E-state index in [1.165, 1.54) is 12.5 Å². The zero-order valence-electron chi connectivity index (χ0n) is 10.0. The molecule has 96 valence electrons. The third-order valence-corrected chi connectivity index (χ3v) is 2.03. The first-order valence-electron chi connectivity index (χ1n) is 5.45. The average molecular weight is 249 g/mol. The molecule has 0 radical (unpaired) electrons. The highest BCUT2D eigenvalue weighted by molar-refractivity contribution is 5.97. The second-order valence-corrected chi connectivity index (χ2v) is 3.69. The van der Waals surface area contributed by atoms with Crippen LogP contribution in [0.15, 0.2) is 34.6 Å². The Morgan fingerprint density at radius 1 is 1.72 bits per heavy atom. The fourth-order valence-electron chi connectivity index (χ4n) is 1.16. The van der Waals surface area contributed by atoms with Crippen LogP contribution in [0.1, 0.15) is 12.7 Å². The lowest BCUT2D eigenvalue weighted by atomic mass is 10.3. The maximum atomic E-state index is 11.6. The summed E-state index contributed by atoms with van der Waals surface area (Å²) in [5.41, 5.74) is -0.0535. The Hall–Kier alpha value is -2.26. The Balaban J connectivity index is 2.44. The normalized spacial score (nSPS) is 12.6. The second kappa shape index (κ2) is 7.14. The molecule has 1 atom stereocenters. The van der Waals surface area contributed by atoms with Crippen molar-refractivity contribution in [1.29, 1.82) is 5.26 Å². The first-order chi connectivity index (χ1) is 8.63. The van der Waals surface area contributed by atoms with Gasteiger partial charge < -0.3 is 20.2 Å². The molecule has 1 aromatic heterocycles. The maximum absolute atomic E-state index is 11.6. The highest BCUT2D eigenvalue weighted by Gasteiger charge is 2.08. The van der Waals surface area contributed by atoms with Crippen molar-refractivity contribution in [3.05, 3.63) is 35.9 Å². The molecular formula is C12H15N3O3. The number of carbonyl (C=O) groups is 1. The molecule has 0 saturated heterocycles. The summed E-state index contributed by atoms with van der Waals surface area (Å²) in [7, 11) is 0. The minimum atomic E-state index is -0.549. The first-order valence-corrected chi connectivity index (χ1v) is 5.45. The van der Waals surface area contributed by atoms with E-state index in [0.29, 0.717) is 5.76 Å². The number of hydrogen-bond acceptors (Lipinski definition) is 5. The number of aliphatic hydroxyl groups excluding tert-OH is 1. The van der Waals surface area contributed by atoms with E-state index < -0.39 is 12.0 Å². The van der Waals surface area contributed by atoms with E-state index in [1.807, 2.05) is 0 Å². The van der Waals surface area contributed by atoms with Gasteiger partial charge in [0.2, 0.25) is 0 Å². The van der Waals surface area contributed by atoms with Crippen LogP contribution in [0, 0.1) is 11.3 Å². The average Bonchev–Trinajstić information content (AvgIpc) is 2.84. The number of rotatable bonds is 6. The Kier molecular flexibility index (Phi) is 5.48. The lowest BCUT2D eigenvalue weighted by Crippen LogP contribution is -2.26. The first kappa shape index (κ1) is 13.8. The van der Waals surface area contributed by atoms with Crippen LogP contribution in [0.25, 0.3) is 0 Å². The third-order valence-electron chi connectivity index (χ3n) is 2.03. The molecule has 0 spiro atoms. The van der Waals surface area contributed by atoms with Gasteiger partial charge in [-0.2, -0.15) is 5.26 Å². The standard InChI is InChI=1S/C12H15N3O3/c1-9(16)6-14-7-10(5-13)12(17)15-8-11-3-2-4-18-11/h2-4,7,9,14,16H,6,8H2,1H3,(H,15,17)/b10-7-. The molecule has 0 fully saturated rings. The van der Waals surface area contributed by atoms with Crippen LogP contribution in [0.2, 0.25) is 0 Å². The van der Waals surface area contributed by atoms with Crippen LogP contribution < -0.4 is 10.6 Å². The van der Waals surface area contributed by atoms with Crippen molar-refractivity contribution >= 4 is 5.91 Å². The fraction of sp³-hybridized carbons (Fsp3) is 0.333. The molecule has 1 unspecified atom stereocenters. The van der Waals surface area contributed by atoms with Crippen molar-refractivity contribution < 1.29 is 14.3 Å². The molecule has 6 nitrogen and oxygen atoms in total. The monoisotopic (exact) mass is 249 g/mol. The van der Waals surface area contributed by atoms with Crippen LogP contribution in [0.3, 0.4) is 0 Å². The van der Waals surface area contributed by atoms with Crippen LogP contribution in [0.5, 0.6) is 0 Å². The van der Waals surface area contributed by atoms with Gasteiger partial charge in [-0.15, -0.1) is 0 Å². The van der Waals surface area contributed by atoms with E-state index in [0.717, 1.165) is 0 Å². The topological polar surface area (TPSA) is 98.3 Å². The minimum Gasteiger partial charge on any atom is -0.467 e. The minimum absolute atomic E-state index is 0.0535. The Morgan fingerprint density at radius 3 is 3.06 bits per heavy atom. The van der Waals surface area contributed by atoms with Crippen molar-refractivity contribution in [3.8, 4) is 6.07 Å². The van der Waals surface area contributed by atoms with Crippen molar-refractivity contribution in [3.63, 3.8) is 0 Å². The molecule has 3 N–H and O–H groups in total. The van der Waals surface area contributed by atoms with E-state index in [1.54, 1.807) is 25.1 Å². The molecule has 0 bridgehead atoms. The summed E-state index contributed by atoms with van der Waals surface area (Å²) in [6.45, 7) is 2.10. The van der Waals surface area contributed by atoms with E-state index >= 15 is 0 Å². The van der Waals surface area contributed by atoms with Gasteiger partial charge in [-0.3, -0.25) is 4.79 Å². The predicted molar refractivity (Wildman–Crippen MR) is 63.9 cm³/mol. The second-order valence-electron chi connectivity index (χ2n) is 3.69. The molecular weight excluding hydrogens is 234 g/mol. The summed E-state index contributed by atoms with van der Waals surface area (Å²) < 4.78 is 5.04. The van der Waals surface area contributed by atoms with Gasteiger partial charge in [0.15, 0.2) is 0 Å². The van der Waals surface area contributed by atoms with E-state index in [4.69, 9.17) is 14.8 Å². The number of carbonyl (C=O) groups excluding carboxylic acids is 1. The molecule has 1 heterocycles. The van der Waals surface area contributed by atoms with Crippen LogP contribution in [-0.2, 0) is 11.3 Å². The number of nitrogens with zero attached hydrogens (tertiary/aromatic N) is 1. The number of furan rings is 1. The SMILES string of the molecule is CC(O)CN/C=C(/C#N)C(=O)NCc1ccco1. The van der Waals surface area contributed by atoms with Crippen molar-refractivity contribution in [2.75, 3.05) is 6.54 Å². The van der Waals surface area contributed by atoms with Gasteiger partial charge in [0.05, 0.1) is 18.9 Å². The molecule has 0 aliphatic heterocycles. The molecule has 1 amide bonds. The van der Waals surface area contributed by atoms with Gasteiger partial charge in [-0.25, -0.2) is 0 Å². The van der Waals surface area contributed by atoms with Crippen LogP contribution in [0.4, 0.5) is 0 Å². The zero-order valence-corrected chi connectivity index (χ0v) is 10.0. The number of hydrogen-bond donors (Lipinski definition) is 3. The van der Waals surface area contributed by atoms with Crippen molar-refractivity contribution in [1.82, 2.24) is 10.6 Å².